The highest BCUT2D eigenvalue weighted by atomic mass is 19.1. The van der Waals surface area contributed by atoms with E-state index in [-0.39, 0.29) is 11.2 Å². The highest BCUT2D eigenvalue weighted by molar-refractivity contribution is 5.83. The van der Waals surface area contributed by atoms with E-state index in [9.17, 15) is 14.3 Å². The smallest absolute Gasteiger partial charge is 0.314 e. The molecule has 2 aliphatic rings. The molecule has 2 atom stereocenters. The average Bonchev–Trinajstić information content (AvgIpc) is 3.36. The first-order valence-electron chi connectivity index (χ1n) is 10.7. The van der Waals surface area contributed by atoms with Gasteiger partial charge < -0.3 is 9.84 Å². The Morgan fingerprint density at radius 2 is 2.03 bits per heavy atom. The summed E-state index contributed by atoms with van der Waals surface area (Å²) in [6.45, 7) is 8.94. The third kappa shape index (κ3) is 3.76. The normalized spacial score (nSPS) is 27.4. The molecule has 2 aromatic rings. The molecule has 1 aromatic heterocycles. The van der Waals surface area contributed by atoms with Gasteiger partial charge in [0.15, 0.2) is 0 Å². The summed E-state index contributed by atoms with van der Waals surface area (Å²) < 4.78 is 21.5. The Morgan fingerprint density at radius 1 is 1.27 bits per heavy atom. The standard InChI is InChI=1S/C23H30FN3O3/c1-17-19(4-3-5-20(17)24)23(21(28)29)7-6-22(2,16-23)18-14-25-27(15-18)9-8-26-10-12-30-13-11-26/h3-5,14-15H,6-13,16H2,1-2H3,(H,28,29). The summed E-state index contributed by atoms with van der Waals surface area (Å²) in [6, 6.07) is 4.77. The number of benzene rings is 1. The SMILES string of the molecule is Cc1c(F)cccc1C1(C(=O)O)CCC(C)(c2cnn(CCN3CCOCC3)c2)C1. The van der Waals surface area contributed by atoms with Crippen molar-refractivity contribution in [3.63, 3.8) is 0 Å². The number of carbonyl (C=O) groups is 1. The molecule has 7 heteroatoms. The molecule has 2 fully saturated rings. The first-order chi connectivity index (χ1) is 14.3. The second-order valence-electron chi connectivity index (χ2n) is 8.98. The summed E-state index contributed by atoms with van der Waals surface area (Å²) >= 11 is 0. The minimum absolute atomic E-state index is 0.311. The second-order valence-corrected chi connectivity index (χ2v) is 8.98. The maximum absolute atomic E-state index is 14.2. The molecule has 2 heterocycles. The molecule has 1 saturated heterocycles. The molecule has 0 spiro atoms. The van der Waals surface area contributed by atoms with Crippen LogP contribution in [0.5, 0.6) is 0 Å². The van der Waals surface area contributed by atoms with Crippen LogP contribution in [0.25, 0.3) is 0 Å². The van der Waals surface area contributed by atoms with Crippen molar-refractivity contribution in [3.8, 4) is 0 Å². The zero-order valence-electron chi connectivity index (χ0n) is 17.7. The lowest BCUT2D eigenvalue weighted by atomic mass is 9.72. The molecule has 1 aliphatic carbocycles. The summed E-state index contributed by atoms with van der Waals surface area (Å²) in [5, 5.41) is 14.7. The van der Waals surface area contributed by atoms with Crippen molar-refractivity contribution >= 4 is 5.97 Å². The number of carboxylic acids is 1. The van der Waals surface area contributed by atoms with Crippen LogP contribution < -0.4 is 0 Å². The Bertz CT molecular complexity index is 924. The number of ether oxygens (including phenoxy) is 1. The maximum Gasteiger partial charge on any atom is 0.314 e. The molecule has 0 radical (unpaired) electrons. The van der Waals surface area contributed by atoms with Crippen molar-refractivity contribution in [1.82, 2.24) is 14.7 Å². The molecular formula is C23H30FN3O3. The number of aliphatic carboxylic acids is 1. The van der Waals surface area contributed by atoms with E-state index in [4.69, 9.17) is 4.74 Å². The Labute approximate surface area is 176 Å². The molecule has 4 rings (SSSR count). The topological polar surface area (TPSA) is 67.6 Å². The molecule has 1 saturated carbocycles. The van der Waals surface area contributed by atoms with Gasteiger partial charge in [-0.1, -0.05) is 19.1 Å². The van der Waals surface area contributed by atoms with Gasteiger partial charge in [0.2, 0.25) is 0 Å². The van der Waals surface area contributed by atoms with Crippen LogP contribution >= 0.6 is 0 Å². The Kier molecular flexibility index (Phi) is 5.68. The van der Waals surface area contributed by atoms with Gasteiger partial charge in [-0.25, -0.2) is 4.39 Å². The van der Waals surface area contributed by atoms with Crippen LogP contribution in [0.15, 0.2) is 30.6 Å². The van der Waals surface area contributed by atoms with Gasteiger partial charge >= 0.3 is 5.97 Å². The lowest BCUT2D eigenvalue weighted by Crippen LogP contribution is -2.38. The molecule has 1 N–H and O–H groups in total. The van der Waals surface area contributed by atoms with Gasteiger partial charge in [0.05, 0.1) is 31.4 Å². The van der Waals surface area contributed by atoms with Crippen molar-refractivity contribution in [2.24, 2.45) is 0 Å². The predicted octanol–water partition coefficient (Wildman–Crippen LogP) is 3.13. The van der Waals surface area contributed by atoms with Gasteiger partial charge in [0.25, 0.3) is 0 Å². The first kappa shape index (κ1) is 21.0. The number of hydrogen-bond donors (Lipinski definition) is 1. The molecule has 1 aromatic carbocycles. The predicted molar refractivity (Wildman–Crippen MR) is 111 cm³/mol. The van der Waals surface area contributed by atoms with Crippen LogP contribution in [0.4, 0.5) is 4.39 Å². The quantitative estimate of drug-likeness (QED) is 0.785. The number of halogens is 1. The van der Waals surface area contributed by atoms with Gasteiger partial charge in [0.1, 0.15) is 5.82 Å². The lowest BCUT2D eigenvalue weighted by Gasteiger charge is -2.30. The van der Waals surface area contributed by atoms with Crippen LogP contribution in [0, 0.1) is 12.7 Å². The number of hydrogen-bond acceptors (Lipinski definition) is 4. The minimum Gasteiger partial charge on any atom is -0.481 e. The van der Waals surface area contributed by atoms with E-state index < -0.39 is 11.4 Å². The van der Waals surface area contributed by atoms with Crippen molar-refractivity contribution in [3.05, 3.63) is 53.1 Å². The van der Waals surface area contributed by atoms with E-state index in [1.807, 2.05) is 10.9 Å². The number of morpholine rings is 1. The number of carboxylic acid groups (broad SMARTS) is 1. The zero-order chi connectivity index (χ0) is 21.4. The minimum atomic E-state index is -1.07. The van der Waals surface area contributed by atoms with Crippen molar-refractivity contribution in [1.29, 1.82) is 0 Å². The average molecular weight is 416 g/mol. The largest absolute Gasteiger partial charge is 0.481 e. The fraction of sp³-hybridized carbons (Fsp3) is 0.565. The van der Waals surface area contributed by atoms with E-state index in [1.165, 1.54) is 6.07 Å². The summed E-state index contributed by atoms with van der Waals surface area (Å²) in [6.07, 6.45) is 5.58. The van der Waals surface area contributed by atoms with E-state index in [1.54, 1.807) is 19.1 Å². The summed E-state index contributed by atoms with van der Waals surface area (Å²) in [4.78, 5) is 14.8. The zero-order valence-corrected chi connectivity index (χ0v) is 17.7. The fourth-order valence-corrected chi connectivity index (χ4v) is 5.10. The van der Waals surface area contributed by atoms with E-state index in [0.29, 0.717) is 24.0 Å². The van der Waals surface area contributed by atoms with E-state index >= 15 is 0 Å². The number of rotatable bonds is 6. The molecule has 0 amide bonds. The van der Waals surface area contributed by atoms with Gasteiger partial charge in [0, 0.05) is 25.8 Å². The number of aromatic nitrogens is 2. The van der Waals surface area contributed by atoms with Crippen molar-refractivity contribution < 1.29 is 19.0 Å². The van der Waals surface area contributed by atoms with Crippen LogP contribution in [0.1, 0.15) is 42.9 Å². The van der Waals surface area contributed by atoms with Crippen LogP contribution in [-0.2, 0) is 26.9 Å². The lowest BCUT2D eigenvalue weighted by molar-refractivity contribution is -0.143. The highest BCUT2D eigenvalue weighted by Gasteiger charge is 2.53. The Balaban J connectivity index is 1.53. The molecule has 2 unspecified atom stereocenters. The van der Waals surface area contributed by atoms with E-state index in [0.717, 1.165) is 51.4 Å². The van der Waals surface area contributed by atoms with Gasteiger partial charge in [-0.3, -0.25) is 14.4 Å². The Morgan fingerprint density at radius 3 is 2.77 bits per heavy atom. The van der Waals surface area contributed by atoms with Gasteiger partial charge in [-0.05, 0) is 54.4 Å². The van der Waals surface area contributed by atoms with Gasteiger partial charge in [-0.2, -0.15) is 5.10 Å². The molecule has 30 heavy (non-hydrogen) atoms. The summed E-state index contributed by atoms with van der Waals surface area (Å²) in [5.41, 5.74) is 0.705. The molecule has 162 valence electrons. The second kappa shape index (κ2) is 8.12. The molecule has 1 aliphatic heterocycles. The van der Waals surface area contributed by atoms with Crippen LogP contribution in [-0.4, -0.2) is 58.6 Å². The summed E-state index contributed by atoms with van der Waals surface area (Å²) in [7, 11) is 0. The fourth-order valence-electron chi connectivity index (χ4n) is 5.10. The molecule has 0 bridgehead atoms. The molecular weight excluding hydrogens is 385 g/mol. The monoisotopic (exact) mass is 415 g/mol. The highest BCUT2D eigenvalue weighted by Crippen LogP contribution is 2.53. The first-order valence-corrected chi connectivity index (χ1v) is 10.7. The molecule has 6 nitrogen and oxygen atoms in total. The van der Waals surface area contributed by atoms with Crippen molar-refractivity contribution in [2.75, 3.05) is 32.8 Å². The van der Waals surface area contributed by atoms with Crippen LogP contribution in [0.3, 0.4) is 0 Å². The third-order valence-corrected chi connectivity index (χ3v) is 7.07. The van der Waals surface area contributed by atoms with Crippen LogP contribution in [0.2, 0.25) is 0 Å². The van der Waals surface area contributed by atoms with E-state index in [2.05, 4.69) is 23.1 Å². The van der Waals surface area contributed by atoms with Gasteiger partial charge in [-0.15, -0.1) is 0 Å². The maximum atomic E-state index is 14.2. The summed E-state index contributed by atoms with van der Waals surface area (Å²) in [5.74, 6) is -1.22. The van der Waals surface area contributed by atoms with Crippen molar-refractivity contribution in [2.45, 2.75) is 50.5 Å². The number of nitrogens with zero attached hydrogens (tertiary/aromatic N) is 3. The Hall–Kier alpha value is -2.25. The third-order valence-electron chi connectivity index (χ3n) is 7.07.